The van der Waals surface area contributed by atoms with E-state index in [9.17, 15) is 8.42 Å². The van der Waals surface area contributed by atoms with Crippen LogP contribution in [0.15, 0.2) is 33.5 Å². The van der Waals surface area contributed by atoms with Crippen LogP contribution in [0.3, 0.4) is 0 Å². The van der Waals surface area contributed by atoms with Crippen LogP contribution in [-0.2, 0) is 23.6 Å². The molecule has 0 bridgehead atoms. The van der Waals surface area contributed by atoms with Gasteiger partial charge in [-0.15, -0.1) is 11.3 Å². The van der Waals surface area contributed by atoms with Crippen molar-refractivity contribution in [2.24, 2.45) is 7.05 Å². The summed E-state index contributed by atoms with van der Waals surface area (Å²) in [5, 5.41) is 1.93. The number of thiophene rings is 1. The zero-order chi connectivity index (χ0) is 12.5. The van der Waals surface area contributed by atoms with E-state index in [1.807, 2.05) is 11.4 Å². The predicted octanol–water partition coefficient (Wildman–Crippen LogP) is 1.72. The number of hydrogen-bond acceptors (Lipinski definition) is 4. The Morgan fingerprint density at radius 1 is 1.59 bits per heavy atom. The number of halogens is 1. The number of nitrogens with zero attached hydrogens (tertiary/aromatic N) is 2. The van der Waals surface area contributed by atoms with Gasteiger partial charge >= 0.3 is 0 Å². The number of aromatic nitrogens is 2. The largest absolute Gasteiger partial charge is 0.339 e. The van der Waals surface area contributed by atoms with Crippen molar-refractivity contribution in [3.05, 3.63) is 33.3 Å². The standard InChI is InChI=1S/C9H10BrN3O2S2/c1-13-5-9(11-6-13)17(14,15)12-4-8-7(10)2-3-16-8/h2-3,5-6,12H,4H2,1H3. The summed E-state index contributed by atoms with van der Waals surface area (Å²) < 4.78 is 28.7. The fourth-order valence-corrected chi connectivity index (χ4v) is 3.71. The Hall–Kier alpha value is -0.700. The molecule has 92 valence electrons. The second kappa shape index (κ2) is 4.89. The first-order valence-corrected chi connectivity index (χ1v) is 7.84. The van der Waals surface area contributed by atoms with E-state index in [0.29, 0.717) is 0 Å². The summed E-state index contributed by atoms with van der Waals surface area (Å²) >= 11 is 4.84. The first kappa shape index (κ1) is 12.7. The predicted molar refractivity (Wildman–Crippen MR) is 69.3 cm³/mol. The molecule has 1 N–H and O–H groups in total. The van der Waals surface area contributed by atoms with Crippen molar-refractivity contribution in [1.29, 1.82) is 0 Å². The molecule has 5 nitrogen and oxygen atoms in total. The lowest BCUT2D eigenvalue weighted by Crippen LogP contribution is -2.23. The van der Waals surface area contributed by atoms with E-state index in [1.54, 1.807) is 11.6 Å². The van der Waals surface area contributed by atoms with Gasteiger partial charge in [0.15, 0.2) is 5.03 Å². The highest BCUT2D eigenvalue weighted by Crippen LogP contribution is 2.22. The average molecular weight is 336 g/mol. The SMILES string of the molecule is Cn1cnc(S(=O)(=O)NCc2sccc2Br)c1. The number of hydrogen-bond donors (Lipinski definition) is 1. The van der Waals surface area contributed by atoms with Crippen LogP contribution >= 0.6 is 27.3 Å². The molecule has 0 amide bonds. The summed E-state index contributed by atoms with van der Waals surface area (Å²) in [6, 6.07) is 1.88. The maximum absolute atomic E-state index is 11.9. The lowest BCUT2D eigenvalue weighted by atomic mass is 10.5. The number of imidazole rings is 1. The first-order chi connectivity index (χ1) is 7.99. The molecule has 0 aliphatic heterocycles. The lowest BCUT2D eigenvalue weighted by Gasteiger charge is -2.02. The van der Waals surface area contributed by atoms with E-state index >= 15 is 0 Å². The fourth-order valence-electron chi connectivity index (χ4n) is 1.21. The van der Waals surface area contributed by atoms with Gasteiger partial charge < -0.3 is 4.57 Å². The highest BCUT2D eigenvalue weighted by molar-refractivity contribution is 9.10. The summed E-state index contributed by atoms with van der Waals surface area (Å²) in [6.45, 7) is 0.261. The maximum atomic E-state index is 11.9. The van der Waals surface area contributed by atoms with Gasteiger partial charge in [0.1, 0.15) is 0 Å². The maximum Gasteiger partial charge on any atom is 0.259 e. The summed E-state index contributed by atoms with van der Waals surface area (Å²) in [5.74, 6) is 0. The Kier molecular flexibility index (Phi) is 3.67. The van der Waals surface area contributed by atoms with Crippen LogP contribution in [0, 0.1) is 0 Å². The van der Waals surface area contributed by atoms with Gasteiger partial charge in [0, 0.05) is 29.1 Å². The van der Waals surface area contributed by atoms with Gasteiger partial charge in [-0.1, -0.05) is 0 Å². The topological polar surface area (TPSA) is 64.0 Å². The third-order valence-corrected chi connectivity index (χ3v) is 5.28. The van der Waals surface area contributed by atoms with Crippen molar-refractivity contribution in [2.45, 2.75) is 11.6 Å². The molecule has 8 heteroatoms. The van der Waals surface area contributed by atoms with Gasteiger partial charge in [0.2, 0.25) is 0 Å². The molecule has 0 aromatic carbocycles. The summed E-state index contributed by atoms with van der Waals surface area (Å²) in [4.78, 5) is 4.75. The molecule has 2 aromatic rings. The fraction of sp³-hybridized carbons (Fsp3) is 0.222. The number of sulfonamides is 1. The van der Waals surface area contributed by atoms with Crippen LogP contribution in [0.2, 0.25) is 0 Å². The molecule has 0 aliphatic carbocycles. The second-order valence-corrected chi connectivity index (χ2v) is 6.96. The number of rotatable bonds is 4. The minimum Gasteiger partial charge on any atom is -0.339 e. The molecular weight excluding hydrogens is 326 g/mol. The molecule has 2 aromatic heterocycles. The van der Waals surface area contributed by atoms with Crippen molar-refractivity contribution >= 4 is 37.3 Å². The minimum absolute atomic E-state index is 0.0349. The Bertz CT molecular complexity index is 618. The van der Waals surface area contributed by atoms with Crippen LogP contribution in [0.5, 0.6) is 0 Å². The Morgan fingerprint density at radius 3 is 2.88 bits per heavy atom. The van der Waals surface area contributed by atoms with Gasteiger partial charge in [0.25, 0.3) is 10.0 Å². The smallest absolute Gasteiger partial charge is 0.259 e. The molecule has 0 radical (unpaired) electrons. The summed E-state index contributed by atoms with van der Waals surface area (Å²) in [6.07, 6.45) is 2.92. The van der Waals surface area contributed by atoms with E-state index in [0.717, 1.165) is 9.35 Å². The van der Waals surface area contributed by atoms with Crippen LogP contribution in [0.1, 0.15) is 4.88 Å². The molecule has 2 heterocycles. The number of aryl methyl sites for hydroxylation is 1. The normalized spacial score (nSPS) is 11.9. The lowest BCUT2D eigenvalue weighted by molar-refractivity contribution is 0.578. The molecule has 0 saturated heterocycles. The highest BCUT2D eigenvalue weighted by atomic mass is 79.9. The molecule has 2 rings (SSSR count). The van der Waals surface area contributed by atoms with Gasteiger partial charge in [-0.2, -0.15) is 0 Å². The van der Waals surface area contributed by atoms with Crippen molar-refractivity contribution in [3.8, 4) is 0 Å². The Balaban J connectivity index is 2.11. The number of nitrogens with one attached hydrogen (secondary N) is 1. The minimum atomic E-state index is -3.53. The first-order valence-electron chi connectivity index (χ1n) is 4.68. The van der Waals surface area contributed by atoms with Crippen molar-refractivity contribution in [1.82, 2.24) is 14.3 Å². The van der Waals surface area contributed by atoms with Crippen molar-refractivity contribution < 1.29 is 8.42 Å². The van der Waals surface area contributed by atoms with Crippen LogP contribution in [-0.4, -0.2) is 18.0 Å². The third kappa shape index (κ3) is 2.95. The van der Waals surface area contributed by atoms with Gasteiger partial charge in [0.05, 0.1) is 6.33 Å². The van der Waals surface area contributed by atoms with Crippen LogP contribution < -0.4 is 4.72 Å². The van der Waals surface area contributed by atoms with E-state index < -0.39 is 10.0 Å². The van der Waals surface area contributed by atoms with Crippen molar-refractivity contribution in [3.63, 3.8) is 0 Å². The average Bonchev–Trinajstić information content (AvgIpc) is 2.85. The molecule has 0 spiro atoms. The van der Waals surface area contributed by atoms with Crippen LogP contribution in [0.4, 0.5) is 0 Å². The highest BCUT2D eigenvalue weighted by Gasteiger charge is 2.17. The van der Waals surface area contributed by atoms with Crippen LogP contribution in [0.25, 0.3) is 0 Å². The van der Waals surface area contributed by atoms with E-state index in [-0.39, 0.29) is 11.6 Å². The third-order valence-electron chi connectivity index (χ3n) is 2.07. The molecular formula is C9H10BrN3O2S2. The Labute approximate surface area is 112 Å². The molecule has 0 aliphatic rings. The Morgan fingerprint density at radius 2 is 2.35 bits per heavy atom. The van der Waals surface area contributed by atoms with E-state index in [4.69, 9.17) is 0 Å². The van der Waals surface area contributed by atoms with Crippen molar-refractivity contribution in [2.75, 3.05) is 0 Å². The summed E-state index contributed by atoms with van der Waals surface area (Å²) in [5.41, 5.74) is 0. The molecule has 17 heavy (non-hydrogen) atoms. The van der Waals surface area contributed by atoms with Gasteiger partial charge in [-0.25, -0.2) is 18.1 Å². The second-order valence-electron chi connectivity index (χ2n) is 3.39. The van der Waals surface area contributed by atoms with Gasteiger partial charge in [-0.05, 0) is 27.4 Å². The monoisotopic (exact) mass is 335 g/mol. The molecule has 0 atom stereocenters. The quantitative estimate of drug-likeness (QED) is 0.925. The zero-order valence-corrected chi connectivity index (χ0v) is 12.1. The van der Waals surface area contributed by atoms with E-state index in [2.05, 4.69) is 25.6 Å². The molecule has 0 fully saturated rings. The van der Waals surface area contributed by atoms with E-state index in [1.165, 1.54) is 23.9 Å². The molecule has 0 unspecified atom stereocenters. The summed E-state index contributed by atoms with van der Waals surface area (Å²) in [7, 11) is -1.80. The molecule has 0 saturated carbocycles. The zero-order valence-electron chi connectivity index (χ0n) is 8.92. The van der Waals surface area contributed by atoms with Gasteiger partial charge in [-0.3, -0.25) is 0 Å².